The summed E-state index contributed by atoms with van der Waals surface area (Å²) < 4.78 is 14.8. The van der Waals surface area contributed by atoms with E-state index in [2.05, 4.69) is 25.7 Å². The predicted molar refractivity (Wildman–Crippen MR) is 112 cm³/mol. The van der Waals surface area contributed by atoms with E-state index in [0.29, 0.717) is 13.1 Å². The van der Waals surface area contributed by atoms with Crippen molar-refractivity contribution in [3.05, 3.63) is 59.1 Å². The number of nitrogens with one attached hydrogen (secondary N) is 2. The Hall–Kier alpha value is -2.94. The largest absolute Gasteiger partial charge is 0.356 e. The molecular weight excluding hydrogens is 377 g/mol. The third-order valence-electron chi connectivity index (χ3n) is 3.99. The molecule has 0 amide bonds. The van der Waals surface area contributed by atoms with Gasteiger partial charge < -0.3 is 15.5 Å². The molecule has 1 aromatic carbocycles. The Kier molecular flexibility index (Phi) is 6.59. The molecule has 0 aliphatic rings. The summed E-state index contributed by atoms with van der Waals surface area (Å²) in [6.07, 6.45) is 2.62. The van der Waals surface area contributed by atoms with Crippen molar-refractivity contribution in [2.45, 2.75) is 13.0 Å². The van der Waals surface area contributed by atoms with Crippen LogP contribution in [0.2, 0.25) is 0 Å². The van der Waals surface area contributed by atoms with Crippen LogP contribution in [0.3, 0.4) is 0 Å². The van der Waals surface area contributed by atoms with Gasteiger partial charge in [-0.2, -0.15) is 5.10 Å². The number of anilines is 1. The zero-order chi connectivity index (χ0) is 19.9. The van der Waals surface area contributed by atoms with Gasteiger partial charge in [0.25, 0.3) is 0 Å². The highest BCUT2D eigenvalue weighted by atomic mass is 32.1. The summed E-state index contributed by atoms with van der Waals surface area (Å²) in [5.74, 6) is 0.465. The van der Waals surface area contributed by atoms with Gasteiger partial charge in [-0.1, -0.05) is 0 Å². The maximum atomic E-state index is 13.0. The minimum atomic E-state index is -0.255. The van der Waals surface area contributed by atoms with Crippen LogP contribution in [-0.4, -0.2) is 48.4 Å². The standard InChI is InChI=1S/C19H24FN7S/c1-21-18(23-12-16-13-28-19(24-16)26(2)3)22-10-8-15-9-11-27(25-15)17-6-4-14(20)5-7-17/h4-7,9,11,13H,8,10,12H2,1-3H3,(H2,21,22,23). The maximum absolute atomic E-state index is 13.0. The van der Waals surface area contributed by atoms with Crippen LogP contribution in [0.25, 0.3) is 5.69 Å². The Labute approximate surface area is 167 Å². The number of nitrogens with zero attached hydrogens (tertiary/aromatic N) is 5. The van der Waals surface area contributed by atoms with E-state index in [1.54, 1.807) is 35.2 Å². The van der Waals surface area contributed by atoms with Crippen molar-refractivity contribution in [3.8, 4) is 5.69 Å². The van der Waals surface area contributed by atoms with Gasteiger partial charge >= 0.3 is 0 Å². The molecule has 0 aliphatic carbocycles. The zero-order valence-corrected chi connectivity index (χ0v) is 17.0. The second-order valence-electron chi connectivity index (χ2n) is 6.35. The second-order valence-corrected chi connectivity index (χ2v) is 7.18. The summed E-state index contributed by atoms with van der Waals surface area (Å²) in [5.41, 5.74) is 2.76. The molecule has 0 spiro atoms. The van der Waals surface area contributed by atoms with E-state index in [9.17, 15) is 4.39 Å². The lowest BCUT2D eigenvalue weighted by molar-refractivity contribution is 0.627. The van der Waals surface area contributed by atoms with Crippen LogP contribution in [0.4, 0.5) is 9.52 Å². The van der Waals surface area contributed by atoms with Crippen LogP contribution in [0.5, 0.6) is 0 Å². The van der Waals surface area contributed by atoms with Gasteiger partial charge in [0.05, 0.1) is 23.6 Å². The minimum Gasteiger partial charge on any atom is -0.356 e. The molecule has 0 saturated carbocycles. The number of thiazole rings is 1. The molecule has 7 nitrogen and oxygen atoms in total. The summed E-state index contributed by atoms with van der Waals surface area (Å²) in [5, 5.41) is 14.1. The highest BCUT2D eigenvalue weighted by Gasteiger charge is 2.06. The number of guanidine groups is 1. The quantitative estimate of drug-likeness (QED) is 0.470. The maximum Gasteiger partial charge on any atom is 0.191 e. The molecular formula is C19H24FN7S. The summed E-state index contributed by atoms with van der Waals surface area (Å²) in [6, 6.07) is 8.22. The lowest BCUT2D eigenvalue weighted by Crippen LogP contribution is -2.38. The van der Waals surface area contributed by atoms with Crippen LogP contribution in [0.1, 0.15) is 11.4 Å². The molecule has 3 aromatic rings. The molecule has 3 rings (SSSR count). The summed E-state index contributed by atoms with van der Waals surface area (Å²) in [7, 11) is 5.70. The van der Waals surface area contributed by atoms with E-state index in [4.69, 9.17) is 0 Å². The van der Waals surface area contributed by atoms with Gasteiger partial charge in [-0.3, -0.25) is 4.99 Å². The molecule has 0 unspecified atom stereocenters. The first kappa shape index (κ1) is 19.8. The second kappa shape index (κ2) is 9.32. The molecule has 2 N–H and O–H groups in total. The van der Waals surface area contributed by atoms with Crippen LogP contribution >= 0.6 is 11.3 Å². The van der Waals surface area contributed by atoms with E-state index < -0.39 is 0 Å². The van der Waals surface area contributed by atoms with E-state index in [1.165, 1.54) is 12.1 Å². The van der Waals surface area contributed by atoms with E-state index in [1.807, 2.05) is 36.6 Å². The van der Waals surface area contributed by atoms with Gasteiger partial charge in [0.15, 0.2) is 11.1 Å². The summed E-state index contributed by atoms with van der Waals surface area (Å²) in [6.45, 7) is 1.31. The molecule has 0 saturated heterocycles. The number of rotatable bonds is 7. The van der Waals surface area contributed by atoms with Crippen molar-refractivity contribution in [2.75, 3.05) is 32.6 Å². The highest BCUT2D eigenvalue weighted by Crippen LogP contribution is 2.17. The number of aliphatic imine (C=N–C) groups is 1. The van der Waals surface area contributed by atoms with Crippen LogP contribution in [0.15, 0.2) is 46.9 Å². The number of hydrogen-bond donors (Lipinski definition) is 2. The molecule has 2 heterocycles. The molecule has 0 radical (unpaired) electrons. The third-order valence-corrected chi connectivity index (χ3v) is 5.05. The number of benzene rings is 1. The Morgan fingerprint density at radius 2 is 1.96 bits per heavy atom. The number of halogens is 1. The first-order chi connectivity index (χ1) is 13.5. The van der Waals surface area contributed by atoms with Gasteiger partial charge in [-0.15, -0.1) is 11.3 Å². The van der Waals surface area contributed by atoms with Crippen molar-refractivity contribution in [1.29, 1.82) is 0 Å². The Bertz CT molecular complexity index is 915. The molecule has 148 valence electrons. The minimum absolute atomic E-state index is 0.255. The monoisotopic (exact) mass is 401 g/mol. The SMILES string of the molecule is CN=C(NCCc1ccn(-c2ccc(F)cc2)n1)NCc1csc(N(C)C)n1. The lowest BCUT2D eigenvalue weighted by atomic mass is 10.3. The van der Waals surface area contributed by atoms with Gasteiger partial charge in [0.1, 0.15) is 5.82 Å². The van der Waals surface area contributed by atoms with Crippen molar-refractivity contribution >= 4 is 22.4 Å². The summed E-state index contributed by atoms with van der Waals surface area (Å²) in [4.78, 5) is 10.8. The number of aromatic nitrogens is 3. The lowest BCUT2D eigenvalue weighted by Gasteiger charge is -2.10. The molecule has 0 fully saturated rings. The summed E-state index contributed by atoms with van der Waals surface area (Å²) >= 11 is 1.62. The molecule has 28 heavy (non-hydrogen) atoms. The first-order valence-electron chi connectivity index (χ1n) is 8.92. The van der Waals surface area contributed by atoms with Crippen LogP contribution in [-0.2, 0) is 13.0 Å². The van der Waals surface area contributed by atoms with Gasteiger partial charge in [0.2, 0.25) is 0 Å². The van der Waals surface area contributed by atoms with Crippen molar-refractivity contribution in [3.63, 3.8) is 0 Å². The number of hydrogen-bond acceptors (Lipinski definition) is 5. The fourth-order valence-corrected chi connectivity index (χ4v) is 3.28. The van der Waals surface area contributed by atoms with E-state index >= 15 is 0 Å². The van der Waals surface area contributed by atoms with Crippen molar-refractivity contribution in [1.82, 2.24) is 25.4 Å². The predicted octanol–water partition coefficient (Wildman–Crippen LogP) is 2.44. The van der Waals surface area contributed by atoms with Crippen molar-refractivity contribution in [2.24, 2.45) is 4.99 Å². The molecule has 9 heteroatoms. The zero-order valence-electron chi connectivity index (χ0n) is 16.2. The topological polar surface area (TPSA) is 70.4 Å². The average molecular weight is 402 g/mol. The van der Waals surface area contributed by atoms with Crippen LogP contribution in [0, 0.1) is 5.82 Å². The molecule has 0 bridgehead atoms. The van der Waals surface area contributed by atoms with E-state index in [0.717, 1.165) is 34.6 Å². The van der Waals surface area contributed by atoms with Crippen LogP contribution < -0.4 is 15.5 Å². The Balaban J connectivity index is 1.46. The highest BCUT2D eigenvalue weighted by molar-refractivity contribution is 7.13. The average Bonchev–Trinajstić information content (AvgIpc) is 3.35. The smallest absolute Gasteiger partial charge is 0.191 e. The van der Waals surface area contributed by atoms with Gasteiger partial charge in [0, 0.05) is 45.7 Å². The fraction of sp³-hybridized carbons (Fsp3) is 0.316. The third kappa shape index (κ3) is 5.29. The molecule has 0 atom stereocenters. The first-order valence-corrected chi connectivity index (χ1v) is 9.80. The Morgan fingerprint density at radius 1 is 1.18 bits per heavy atom. The van der Waals surface area contributed by atoms with Gasteiger partial charge in [-0.25, -0.2) is 14.1 Å². The van der Waals surface area contributed by atoms with Crippen molar-refractivity contribution < 1.29 is 4.39 Å². The normalized spacial score (nSPS) is 11.5. The Morgan fingerprint density at radius 3 is 2.64 bits per heavy atom. The molecule has 2 aromatic heterocycles. The molecule has 0 aliphatic heterocycles. The van der Waals surface area contributed by atoms with E-state index in [-0.39, 0.29) is 5.82 Å². The van der Waals surface area contributed by atoms with Gasteiger partial charge in [-0.05, 0) is 30.3 Å². The fourth-order valence-electron chi connectivity index (χ4n) is 2.52.